The van der Waals surface area contributed by atoms with E-state index in [1.165, 1.54) is 20.3 Å². The highest BCUT2D eigenvalue weighted by Gasteiger charge is 2.39. The molecule has 0 radical (unpaired) electrons. The lowest BCUT2D eigenvalue weighted by Gasteiger charge is -2.40. The Hall–Kier alpha value is -4.39. The van der Waals surface area contributed by atoms with Gasteiger partial charge in [0.2, 0.25) is 6.41 Å². The number of aromatic nitrogens is 3. The maximum atomic E-state index is 16.3. The summed E-state index contributed by atoms with van der Waals surface area (Å²) in [4.78, 5) is 27.2. The molecule has 2 atom stereocenters. The van der Waals surface area contributed by atoms with Crippen molar-refractivity contribution in [1.82, 2.24) is 25.2 Å². The number of hydrogen-bond acceptors (Lipinski definition) is 7. The summed E-state index contributed by atoms with van der Waals surface area (Å²) >= 11 is 0. The topological polar surface area (TPSA) is 95.6 Å². The minimum absolute atomic E-state index is 0.128. The smallest absolute Gasteiger partial charge is 0.260 e. The van der Waals surface area contributed by atoms with Gasteiger partial charge in [0.15, 0.2) is 17.4 Å². The number of nitrogens with zero attached hydrogens (tertiary/aromatic N) is 4. The van der Waals surface area contributed by atoms with E-state index in [0.717, 1.165) is 12.6 Å². The largest absolute Gasteiger partial charge is 0.496 e. The third-order valence-electron chi connectivity index (χ3n) is 8.19. The summed E-state index contributed by atoms with van der Waals surface area (Å²) in [7, 11) is 2.92. The van der Waals surface area contributed by atoms with Crippen molar-refractivity contribution >= 4 is 23.1 Å². The average Bonchev–Trinajstić information content (AvgIpc) is 3.46. The second kappa shape index (κ2) is 11.4. The van der Waals surface area contributed by atoms with Crippen molar-refractivity contribution in [3.8, 4) is 22.6 Å². The van der Waals surface area contributed by atoms with Crippen LogP contribution in [0.5, 0.6) is 11.5 Å². The SMILES string of the molecule is COc1ccncc1-c1cc(C2CNCC(F)(F)C2)c(F)c2[nH]c(C3CN(c4ncc(F)cc4OC)CCN3C=O)cc12. The van der Waals surface area contributed by atoms with Gasteiger partial charge in [0.05, 0.1) is 38.5 Å². The second-order valence-electron chi connectivity index (χ2n) is 10.8. The Morgan fingerprint density at radius 2 is 1.88 bits per heavy atom. The number of pyridine rings is 2. The van der Waals surface area contributed by atoms with Crippen LogP contribution in [0.4, 0.5) is 23.4 Å². The number of rotatable bonds is 7. The number of nitrogens with one attached hydrogen (secondary N) is 2. The monoisotopic (exact) mass is 598 g/mol. The van der Waals surface area contributed by atoms with Gasteiger partial charge in [-0.3, -0.25) is 9.78 Å². The van der Waals surface area contributed by atoms with E-state index in [-0.39, 0.29) is 29.9 Å². The molecular weight excluding hydrogens is 568 g/mol. The molecule has 0 aliphatic carbocycles. The predicted octanol–water partition coefficient (Wildman–Crippen LogP) is 4.65. The van der Waals surface area contributed by atoms with Gasteiger partial charge in [-0.25, -0.2) is 22.5 Å². The fourth-order valence-corrected chi connectivity index (χ4v) is 6.11. The Labute approximate surface area is 244 Å². The van der Waals surface area contributed by atoms with Crippen molar-refractivity contribution in [2.75, 3.05) is 51.8 Å². The van der Waals surface area contributed by atoms with Crippen LogP contribution in [0, 0.1) is 11.6 Å². The van der Waals surface area contributed by atoms with E-state index in [0.29, 0.717) is 46.9 Å². The predicted molar refractivity (Wildman–Crippen MR) is 152 cm³/mol. The van der Waals surface area contributed by atoms with E-state index >= 15 is 4.39 Å². The van der Waals surface area contributed by atoms with E-state index in [1.807, 2.05) is 4.90 Å². The number of anilines is 1. The van der Waals surface area contributed by atoms with E-state index in [9.17, 15) is 18.0 Å². The number of methoxy groups -OCH3 is 2. The van der Waals surface area contributed by atoms with Crippen LogP contribution < -0.4 is 19.7 Å². The molecule has 1 aromatic carbocycles. The number of carbonyl (C=O) groups is 1. The normalized spacial score (nSPS) is 20.3. The van der Waals surface area contributed by atoms with E-state index in [1.54, 1.807) is 35.5 Å². The number of halogens is 4. The molecule has 2 N–H and O–H groups in total. The van der Waals surface area contributed by atoms with E-state index < -0.39 is 42.5 Å². The van der Waals surface area contributed by atoms with Crippen molar-refractivity contribution in [2.24, 2.45) is 0 Å². The van der Waals surface area contributed by atoms with Crippen molar-refractivity contribution in [3.63, 3.8) is 0 Å². The Bertz CT molecular complexity index is 1660. The molecule has 1 amide bonds. The molecule has 4 aromatic rings. The first-order valence-electron chi connectivity index (χ1n) is 13.8. The number of benzene rings is 1. The molecule has 5 heterocycles. The van der Waals surface area contributed by atoms with Crippen LogP contribution in [0.25, 0.3) is 22.0 Å². The minimum Gasteiger partial charge on any atom is -0.496 e. The highest BCUT2D eigenvalue weighted by molar-refractivity contribution is 5.98. The molecule has 226 valence electrons. The van der Waals surface area contributed by atoms with E-state index in [4.69, 9.17) is 9.47 Å². The second-order valence-corrected chi connectivity index (χ2v) is 10.8. The maximum Gasteiger partial charge on any atom is 0.260 e. The van der Waals surface area contributed by atoms with Crippen LogP contribution in [0.2, 0.25) is 0 Å². The standard InChI is InChI=1S/C30H30F4N6O3/c1-42-25-3-4-35-13-22(25)20-8-19(17-10-30(33,34)15-36-11-17)27(32)28-21(20)9-23(38-28)24-14-39(5-6-40(24)16-41)29-26(43-2)7-18(31)12-37-29/h3-4,7-9,12-13,16-17,24,36,38H,5-6,10-11,14-15H2,1-2H3. The van der Waals surface area contributed by atoms with Crippen LogP contribution in [0.3, 0.4) is 0 Å². The first-order valence-corrected chi connectivity index (χ1v) is 13.8. The number of alkyl halides is 2. The summed E-state index contributed by atoms with van der Waals surface area (Å²) in [6.07, 6.45) is 4.47. The van der Waals surface area contributed by atoms with Crippen LogP contribution in [0.1, 0.15) is 29.6 Å². The lowest BCUT2D eigenvalue weighted by Crippen LogP contribution is -2.48. The molecule has 2 saturated heterocycles. The van der Waals surface area contributed by atoms with Gasteiger partial charge in [0.25, 0.3) is 5.92 Å². The van der Waals surface area contributed by atoms with Crippen molar-refractivity contribution in [1.29, 1.82) is 0 Å². The summed E-state index contributed by atoms with van der Waals surface area (Å²) in [6, 6.07) is 5.70. The van der Waals surface area contributed by atoms with Crippen molar-refractivity contribution in [2.45, 2.75) is 24.3 Å². The third-order valence-corrected chi connectivity index (χ3v) is 8.19. The van der Waals surface area contributed by atoms with Gasteiger partial charge in [-0.05, 0) is 29.3 Å². The zero-order valence-corrected chi connectivity index (χ0v) is 23.5. The Kier molecular flexibility index (Phi) is 7.59. The molecule has 0 bridgehead atoms. The van der Waals surface area contributed by atoms with Crippen molar-refractivity contribution < 1.29 is 31.8 Å². The fourth-order valence-electron chi connectivity index (χ4n) is 6.11. The van der Waals surface area contributed by atoms with Gasteiger partial charge in [0, 0.05) is 73.6 Å². The summed E-state index contributed by atoms with van der Waals surface area (Å²) in [5.41, 5.74) is 1.92. The van der Waals surface area contributed by atoms with Crippen LogP contribution >= 0.6 is 0 Å². The molecule has 6 rings (SSSR count). The number of hydrogen-bond donors (Lipinski definition) is 2. The summed E-state index contributed by atoms with van der Waals surface area (Å²) in [6.45, 7) is 0.698. The van der Waals surface area contributed by atoms with Gasteiger partial charge in [-0.2, -0.15) is 0 Å². The Morgan fingerprint density at radius 1 is 1.07 bits per heavy atom. The molecule has 9 nitrogen and oxygen atoms in total. The molecule has 2 aliphatic heterocycles. The van der Waals surface area contributed by atoms with Crippen molar-refractivity contribution in [3.05, 3.63) is 65.7 Å². The lowest BCUT2D eigenvalue weighted by atomic mass is 9.86. The van der Waals surface area contributed by atoms with Crippen LogP contribution in [-0.4, -0.2) is 79.1 Å². The Balaban J connectivity index is 1.49. The van der Waals surface area contributed by atoms with E-state index in [2.05, 4.69) is 20.3 Å². The van der Waals surface area contributed by atoms with Gasteiger partial charge in [0.1, 0.15) is 11.6 Å². The number of piperazine rings is 1. The van der Waals surface area contributed by atoms with Crippen LogP contribution in [0.15, 0.2) is 42.9 Å². The number of carbonyl (C=O) groups excluding carboxylic acids is 1. The van der Waals surface area contributed by atoms with Gasteiger partial charge in [-0.1, -0.05) is 0 Å². The number of fused-ring (bicyclic) bond motifs is 1. The molecule has 2 aliphatic rings. The third kappa shape index (κ3) is 5.33. The zero-order valence-electron chi connectivity index (χ0n) is 23.5. The molecule has 43 heavy (non-hydrogen) atoms. The molecule has 13 heteroatoms. The lowest BCUT2D eigenvalue weighted by molar-refractivity contribution is -0.120. The quantitative estimate of drug-likeness (QED) is 0.236. The van der Waals surface area contributed by atoms with Gasteiger partial charge >= 0.3 is 0 Å². The molecule has 2 fully saturated rings. The number of piperidine rings is 1. The number of aromatic amines is 1. The van der Waals surface area contributed by atoms with Crippen LogP contribution in [-0.2, 0) is 4.79 Å². The summed E-state index contributed by atoms with van der Waals surface area (Å²) in [5, 5.41) is 3.21. The van der Waals surface area contributed by atoms with Gasteiger partial charge in [-0.15, -0.1) is 0 Å². The van der Waals surface area contributed by atoms with Gasteiger partial charge < -0.3 is 29.6 Å². The summed E-state index contributed by atoms with van der Waals surface area (Å²) in [5.74, 6) is -3.81. The first-order chi connectivity index (χ1) is 20.7. The average molecular weight is 599 g/mol. The minimum atomic E-state index is -2.98. The first kappa shape index (κ1) is 28.7. The highest BCUT2D eigenvalue weighted by Crippen LogP contribution is 2.43. The molecular formula is C30H30F4N6O3. The molecule has 2 unspecified atom stereocenters. The fraction of sp³-hybridized carbons (Fsp3) is 0.367. The number of amides is 1. The molecule has 0 spiro atoms. The molecule has 0 saturated carbocycles. The molecule has 3 aromatic heterocycles. The maximum absolute atomic E-state index is 16.3. The summed E-state index contributed by atoms with van der Waals surface area (Å²) < 4.78 is 69.9. The Morgan fingerprint density at radius 3 is 2.63 bits per heavy atom. The zero-order chi connectivity index (χ0) is 30.3. The highest BCUT2D eigenvalue weighted by atomic mass is 19.3. The number of ether oxygens (including phenoxy) is 2. The number of H-pyrrole nitrogens is 1.